The van der Waals surface area contributed by atoms with Crippen molar-refractivity contribution in [2.24, 2.45) is 0 Å². The first-order chi connectivity index (χ1) is 13.7. The van der Waals surface area contributed by atoms with Gasteiger partial charge in [0.2, 0.25) is 0 Å². The van der Waals surface area contributed by atoms with Gasteiger partial charge in [0.15, 0.2) is 0 Å². The Morgan fingerprint density at radius 2 is 0.966 bits per heavy atom. The van der Waals surface area contributed by atoms with Crippen LogP contribution < -0.4 is 0 Å². The van der Waals surface area contributed by atoms with Gasteiger partial charge in [-0.05, 0) is 25.0 Å². The molecule has 0 N–H and O–H groups in total. The largest absolute Gasteiger partial charge is 0.462 e. The average Bonchev–Trinajstić information content (AvgIpc) is 2.72. The third-order valence-corrected chi connectivity index (χ3v) is 4.83. The van der Waals surface area contributed by atoms with E-state index in [1.807, 2.05) is 0 Å². The molecule has 1 radical (unpaired) electrons. The summed E-state index contributed by atoms with van der Waals surface area (Å²) in [6.45, 7) is 5.17. The van der Waals surface area contributed by atoms with Crippen molar-refractivity contribution >= 4 is 11.9 Å². The van der Waals surface area contributed by atoms with Gasteiger partial charge in [0, 0.05) is 16.8 Å². The summed E-state index contributed by atoms with van der Waals surface area (Å²) in [5.41, 5.74) is 0.586. The molecule has 0 atom stereocenters. The zero-order chi connectivity index (χ0) is 20.5. The molecule has 0 heterocycles. The number of hydrogen-bond donors (Lipinski definition) is 0. The van der Waals surface area contributed by atoms with Crippen molar-refractivity contribution in [3.05, 3.63) is 35.4 Å². The van der Waals surface area contributed by atoms with Crippen LogP contribution in [0.15, 0.2) is 24.3 Å². The smallest absolute Gasteiger partial charge is 0.339 e. The molecule has 0 bridgehead atoms. The zero-order valence-corrected chi connectivity index (χ0v) is 19.2. The van der Waals surface area contributed by atoms with E-state index in [9.17, 15) is 9.59 Å². The minimum Gasteiger partial charge on any atom is -0.462 e. The minimum atomic E-state index is -0.444. The number of carbonyl (C=O) groups excluding carboxylic acids is 2. The van der Waals surface area contributed by atoms with E-state index in [-0.39, 0.29) is 16.8 Å². The number of esters is 2. The van der Waals surface area contributed by atoms with Gasteiger partial charge in [0.25, 0.3) is 0 Å². The molecule has 0 amide bonds. The second kappa shape index (κ2) is 18.7. The van der Waals surface area contributed by atoms with Crippen molar-refractivity contribution in [1.29, 1.82) is 0 Å². The molecule has 0 saturated heterocycles. The summed E-state index contributed by atoms with van der Waals surface area (Å²) in [4.78, 5) is 24.7. The molecule has 5 heteroatoms. The van der Waals surface area contributed by atoms with Crippen LogP contribution in [0.4, 0.5) is 0 Å². The van der Waals surface area contributed by atoms with Gasteiger partial charge >= 0.3 is 11.9 Å². The third-order valence-electron chi connectivity index (χ3n) is 4.83. The molecule has 0 saturated carbocycles. The molecule has 0 aromatic heterocycles. The third kappa shape index (κ3) is 12.8. The van der Waals surface area contributed by atoms with Crippen LogP contribution in [0.5, 0.6) is 0 Å². The summed E-state index contributed by atoms with van der Waals surface area (Å²) in [7, 11) is 0. The van der Waals surface area contributed by atoms with Gasteiger partial charge in [-0.3, -0.25) is 0 Å². The summed E-state index contributed by atoms with van der Waals surface area (Å²) in [6.07, 6.45) is 13.6. The Balaban J connectivity index is 0.00000784. The van der Waals surface area contributed by atoms with Crippen LogP contribution in [0.1, 0.15) is 112 Å². The molecule has 0 spiro atoms. The van der Waals surface area contributed by atoms with Crippen LogP contribution in [0, 0.1) is 0 Å². The topological polar surface area (TPSA) is 52.6 Å². The Kier molecular flexibility index (Phi) is 17.8. The number of hydrogen-bond acceptors (Lipinski definition) is 4. The van der Waals surface area contributed by atoms with E-state index in [0.717, 1.165) is 25.7 Å². The maximum Gasteiger partial charge on any atom is 0.339 e. The number of rotatable bonds is 16. The van der Waals surface area contributed by atoms with Crippen molar-refractivity contribution in [2.45, 2.75) is 90.9 Å². The minimum absolute atomic E-state index is 0. The summed E-state index contributed by atoms with van der Waals surface area (Å²) >= 11 is 0. The molecular weight excluding hydrogens is 411 g/mol. The summed E-state index contributed by atoms with van der Waals surface area (Å²) in [6, 6.07) is 6.74. The van der Waals surface area contributed by atoms with E-state index in [1.54, 1.807) is 24.3 Å². The Labute approximate surface area is 187 Å². The molecule has 0 unspecified atom stereocenters. The first-order valence-corrected chi connectivity index (χ1v) is 11.1. The Morgan fingerprint density at radius 3 is 1.34 bits per heavy atom. The molecule has 0 aliphatic heterocycles. The standard InChI is InChI=1S/C24H38O4.Co/c1-3-5-7-9-11-15-19-27-23(25)21-17-13-14-18-22(21)24(26)28-20-16-12-10-8-6-4-2;/h13-14,17-18H,3-12,15-16,19-20H2,1-2H3;. The number of carbonyl (C=O) groups is 2. The molecule has 0 aliphatic carbocycles. The number of ether oxygens (including phenoxy) is 2. The molecule has 29 heavy (non-hydrogen) atoms. The Morgan fingerprint density at radius 1 is 0.621 bits per heavy atom. The quantitative estimate of drug-likeness (QED) is 0.208. The molecule has 1 rings (SSSR count). The van der Waals surface area contributed by atoms with Gasteiger partial charge in [-0.15, -0.1) is 0 Å². The molecule has 1 aromatic carbocycles. The van der Waals surface area contributed by atoms with Gasteiger partial charge < -0.3 is 9.47 Å². The zero-order valence-electron chi connectivity index (χ0n) is 18.2. The van der Waals surface area contributed by atoms with E-state index in [4.69, 9.17) is 9.47 Å². The second-order valence-electron chi connectivity index (χ2n) is 7.35. The fourth-order valence-corrected chi connectivity index (χ4v) is 3.09. The van der Waals surface area contributed by atoms with E-state index in [1.165, 1.54) is 51.4 Å². The van der Waals surface area contributed by atoms with E-state index >= 15 is 0 Å². The predicted molar refractivity (Wildman–Crippen MR) is 114 cm³/mol. The van der Waals surface area contributed by atoms with Crippen molar-refractivity contribution in [3.8, 4) is 0 Å². The first kappa shape index (κ1) is 27.7. The maximum atomic E-state index is 12.4. The maximum absolute atomic E-state index is 12.4. The fourth-order valence-electron chi connectivity index (χ4n) is 3.09. The van der Waals surface area contributed by atoms with Gasteiger partial charge in [-0.2, -0.15) is 0 Å². The number of unbranched alkanes of at least 4 members (excludes halogenated alkanes) is 10. The van der Waals surface area contributed by atoms with Crippen LogP contribution in [0.3, 0.4) is 0 Å². The predicted octanol–water partition coefficient (Wildman–Crippen LogP) is 6.72. The van der Waals surface area contributed by atoms with Crippen molar-refractivity contribution in [1.82, 2.24) is 0 Å². The summed E-state index contributed by atoms with van der Waals surface area (Å²) in [5, 5.41) is 0. The average molecular weight is 449 g/mol. The Hall–Kier alpha value is -1.33. The van der Waals surface area contributed by atoms with E-state index in [2.05, 4.69) is 13.8 Å². The van der Waals surface area contributed by atoms with Crippen LogP contribution in [-0.4, -0.2) is 25.2 Å². The molecule has 0 fully saturated rings. The first-order valence-electron chi connectivity index (χ1n) is 11.1. The number of benzene rings is 1. The second-order valence-corrected chi connectivity index (χ2v) is 7.35. The van der Waals surface area contributed by atoms with Gasteiger partial charge in [0.05, 0.1) is 24.3 Å². The Bertz CT molecular complexity index is 511. The van der Waals surface area contributed by atoms with Crippen LogP contribution in [-0.2, 0) is 26.3 Å². The van der Waals surface area contributed by atoms with Crippen molar-refractivity contribution in [3.63, 3.8) is 0 Å². The van der Waals surface area contributed by atoms with Crippen molar-refractivity contribution < 1.29 is 35.8 Å². The normalized spacial score (nSPS) is 10.3. The SMILES string of the molecule is CCCCCCCCOC(=O)c1ccccc1C(=O)OCCCCCCCC.[Co]. The van der Waals surface area contributed by atoms with E-state index in [0.29, 0.717) is 24.3 Å². The molecule has 1 aromatic rings. The van der Waals surface area contributed by atoms with Crippen LogP contribution in [0.25, 0.3) is 0 Å². The monoisotopic (exact) mass is 449 g/mol. The summed E-state index contributed by atoms with van der Waals surface area (Å²) < 4.78 is 10.7. The molecular formula is C24H38CoO4. The van der Waals surface area contributed by atoms with Crippen molar-refractivity contribution in [2.75, 3.05) is 13.2 Å². The van der Waals surface area contributed by atoms with E-state index < -0.39 is 11.9 Å². The van der Waals surface area contributed by atoms with Crippen LogP contribution in [0.2, 0.25) is 0 Å². The molecule has 4 nitrogen and oxygen atoms in total. The molecule has 0 aliphatic rings. The summed E-state index contributed by atoms with van der Waals surface area (Å²) in [5.74, 6) is -0.888. The van der Waals surface area contributed by atoms with Crippen LogP contribution >= 0.6 is 0 Å². The molecule has 167 valence electrons. The fraction of sp³-hybridized carbons (Fsp3) is 0.667. The van der Waals surface area contributed by atoms with Gasteiger partial charge in [-0.25, -0.2) is 9.59 Å². The van der Waals surface area contributed by atoms with Gasteiger partial charge in [0.1, 0.15) is 0 Å². The van der Waals surface area contributed by atoms with Gasteiger partial charge in [-0.1, -0.05) is 90.2 Å².